The van der Waals surface area contributed by atoms with Crippen molar-refractivity contribution >= 4 is 0 Å². The first-order chi connectivity index (χ1) is 14.4. The van der Waals surface area contributed by atoms with Crippen molar-refractivity contribution in [1.29, 1.82) is 0 Å². The summed E-state index contributed by atoms with van der Waals surface area (Å²) in [5.41, 5.74) is 1.44. The summed E-state index contributed by atoms with van der Waals surface area (Å²) in [6.07, 6.45) is 2.28. The highest BCUT2D eigenvalue weighted by Crippen LogP contribution is 2.49. The topological polar surface area (TPSA) is 63.9 Å². The Bertz CT molecular complexity index is 836. The summed E-state index contributed by atoms with van der Waals surface area (Å²) in [6, 6.07) is 6.12. The van der Waals surface area contributed by atoms with Gasteiger partial charge in [-0.25, -0.2) is 0 Å². The smallest absolute Gasteiger partial charge is 0.221 e. The van der Waals surface area contributed by atoms with Crippen LogP contribution in [0.3, 0.4) is 0 Å². The number of rotatable bonds is 6. The Hall–Kier alpha value is -2.12. The van der Waals surface area contributed by atoms with E-state index >= 15 is 0 Å². The highest BCUT2D eigenvalue weighted by atomic mass is 16.5. The molecule has 0 saturated carbocycles. The molecule has 2 saturated heterocycles. The normalized spacial score (nSPS) is 22.1. The van der Waals surface area contributed by atoms with Gasteiger partial charge in [-0.3, -0.25) is 4.90 Å². The van der Waals surface area contributed by atoms with E-state index in [0.717, 1.165) is 68.8 Å². The van der Waals surface area contributed by atoms with Crippen molar-refractivity contribution < 1.29 is 13.9 Å². The number of ether oxygens (including phenoxy) is 2. The van der Waals surface area contributed by atoms with Crippen molar-refractivity contribution in [2.45, 2.75) is 45.1 Å². The molecule has 1 aromatic carbocycles. The predicted octanol–water partition coefficient (Wildman–Crippen LogP) is 3.52. The van der Waals surface area contributed by atoms with Crippen LogP contribution >= 0.6 is 0 Å². The zero-order valence-electron chi connectivity index (χ0n) is 18.9. The average Bonchev–Trinajstić information content (AvgIpc) is 3.34. The Morgan fingerprint density at radius 3 is 2.33 bits per heavy atom. The summed E-state index contributed by atoms with van der Waals surface area (Å²) in [6.45, 7) is 9.32. The van der Waals surface area contributed by atoms with Gasteiger partial charge in [0.2, 0.25) is 11.8 Å². The van der Waals surface area contributed by atoms with Crippen LogP contribution in [-0.4, -0.2) is 67.4 Å². The van der Waals surface area contributed by atoms with E-state index in [-0.39, 0.29) is 11.3 Å². The molecular formula is C23H34N4O3. The number of likely N-dealkylation sites (N-methyl/N-ethyl adjacent to an activating group) is 1. The van der Waals surface area contributed by atoms with Crippen LogP contribution in [0, 0.1) is 5.41 Å². The lowest BCUT2D eigenvalue weighted by Gasteiger charge is -2.41. The quantitative estimate of drug-likeness (QED) is 0.716. The molecule has 0 radical (unpaired) electrons. The highest BCUT2D eigenvalue weighted by Gasteiger charge is 2.49. The summed E-state index contributed by atoms with van der Waals surface area (Å²) in [7, 11) is 5.60. The van der Waals surface area contributed by atoms with Crippen LogP contribution < -0.4 is 9.47 Å². The zero-order chi connectivity index (χ0) is 21.3. The summed E-state index contributed by atoms with van der Waals surface area (Å²) < 4.78 is 16.9. The summed E-state index contributed by atoms with van der Waals surface area (Å²) in [5, 5.41) is 8.74. The molecule has 7 heteroatoms. The van der Waals surface area contributed by atoms with Crippen molar-refractivity contribution in [3.63, 3.8) is 0 Å². The third kappa shape index (κ3) is 4.18. The number of aromatic nitrogens is 2. The van der Waals surface area contributed by atoms with Crippen LogP contribution in [0.4, 0.5) is 0 Å². The number of methoxy groups -OCH3 is 2. The van der Waals surface area contributed by atoms with E-state index in [1.54, 1.807) is 14.2 Å². The van der Waals surface area contributed by atoms with Gasteiger partial charge >= 0.3 is 0 Å². The maximum atomic E-state index is 6.09. The zero-order valence-corrected chi connectivity index (χ0v) is 18.9. The van der Waals surface area contributed by atoms with E-state index in [1.165, 1.54) is 5.56 Å². The number of hydrogen-bond acceptors (Lipinski definition) is 7. The van der Waals surface area contributed by atoms with Crippen LogP contribution in [-0.2, 0) is 6.54 Å². The van der Waals surface area contributed by atoms with Crippen LogP contribution in [0.2, 0.25) is 0 Å². The number of hydrogen-bond donors (Lipinski definition) is 0. The number of likely N-dealkylation sites (tertiary alicyclic amines) is 2. The van der Waals surface area contributed by atoms with Crippen molar-refractivity contribution in [3.8, 4) is 11.5 Å². The molecule has 0 bridgehead atoms. The Labute approximate surface area is 179 Å². The second-order valence-corrected chi connectivity index (χ2v) is 9.24. The van der Waals surface area contributed by atoms with E-state index < -0.39 is 0 Å². The third-order valence-corrected chi connectivity index (χ3v) is 6.74. The molecule has 7 nitrogen and oxygen atoms in total. The molecule has 30 heavy (non-hydrogen) atoms. The Morgan fingerprint density at radius 1 is 1.10 bits per heavy atom. The predicted molar refractivity (Wildman–Crippen MR) is 115 cm³/mol. The molecule has 4 rings (SSSR count). The van der Waals surface area contributed by atoms with Crippen molar-refractivity contribution in [2.75, 3.05) is 47.4 Å². The molecule has 2 aliphatic rings. The Kier molecular flexibility index (Phi) is 6.02. The lowest BCUT2D eigenvalue weighted by molar-refractivity contribution is 0.0871. The largest absolute Gasteiger partial charge is 0.497 e. The summed E-state index contributed by atoms with van der Waals surface area (Å²) >= 11 is 0. The first-order valence-corrected chi connectivity index (χ1v) is 10.9. The van der Waals surface area contributed by atoms with Crippen molar-refractivity contribution in [1.82, 2.24) is 20.0 Å². The lowest BCUT2D eigenvalue weighted by Crippen LogP contribution is -2.43. The fraction of sp³-hybridized carbons (Fsp3) is 0.652. The molecule has 0 aliphatic carbocycles. The van der Waals surface area contributed by atoms with E-state index in [1.807, 2.05) is 6.07 Å². The SMILES string of the molecule is COc1cc(CN2CCC3(CC2)CN(C)CC3c2nnc(C(C)C)o2)cc(OC)c1. The summed E-state index contributed by atoms with van der Waals surface area (Å²) in [5.74, 6) is 3.85. The number of piperidine rings is 1. The van der Waals surface area contributed by atoms with Gasteiger partial charge in [0.25, 0.3) is 0 Å². The van der Waals surface area contributed by atoms with Crippen LogP contribution in [0.15, 0.2) is 22.6 Å². The molecule has 0 N–H and O–H groups in total. The molecule has 1 atom stereocenters. The van der Waals surface area contributed by atoms with Crippen LogP contribution in [0.5, 0.6) is 11.5 Å². The Morgan fingerprint density at radius 2 is 1.77 bits per heavy atom. The van der Waals surface area contributed by atoms with Gasteiger partial charge in [-0.15, -0.1) is 10.2 Å². The second-order valence-electron chi connectivity index (χ2n) is 9.24. The molecule has 1 aromatic heterocycles. The first kappa shape index (κ1) is 21.1. The fourth-order valence-corrected chi connectivity index (χ4v) is 5.06. The summed E-state index contributed by atoms with van der Waals surface area (Å²) in [4.78, 5) is 4.95. The van der Waals surface area contributed by atoms with E-state index in [9.17, 15) is 0 Å². The van der Waals surface area contributed by atoms with E-state index in [4.69, 9.17) is 13.9 Å². The first-order valence-electron chi connectivity index (χ1n) is 10.9. The third-order valence-electron chi connectivity index (χ3n) is 6.74. The van der Waals surface area contributed by atoms with Crippen molar-refractivity contribution in [3.05, 3.63) is 35.5 Å². The minimum absolute atomic E-state index is 0.220. The lowest BCUT2D eigenvalue weighted by atomic mass is 9.70. The van der Waals surface area contributed by atoms with E-state index in [0.29, 0.717) is 5.92 Å². The van der Waals surface area contributed by atoms with Gasteiger partial charge in [-0.05, 0) is 56.1 Å². The monoisotopic (exact) mass is 414 g/mol. The van der Waals surface area contributed by atoms with E-state index in [2.05, 4.69) is 53.0 Å². The molecule has 1 unspecified atom stereocenters. The molecular weight excluding hydrogens is 380 g/mol. The van der Waals surface area contributed by atoms with Gasteiger partial charge in [0, 0.05) is 31.6 Å². The van der Waals surface area contributed by atoms with Crippen molar-refractivity contribution in [2.24, 2.45) is 5.41 Å². The van der Waals surface area contributed by atoms with Gasteiger partial charge in [-0.2, -0.15) is 0 Å². The second kappa shape index (κ2) is 8.55. The maximum absolute atomic E-state index is 6.09. The highest BCUT2D eigenvalue weighted by molar-refractivity contribution is 5.38. The van der Waals surface area contributed by atoms with Gasteiger partial charge in [0.05, 0.1) is 20.1 Å². The molecule has 1 spiro atoms. The Balaban J connectivity index is 1.45. The average molecular weight is 415 g/mol. The van der Waals surface area contributed by atoms with Crippen LogP contribution in [0.1, 0.15) is 55.9 Å². The molecule has 3 heterocycles. The maximum Gasteiger partial charge on any atom is 0.221 e. The number of nitrogens with zero attached hydrogens (tertiary/aromatic N) is 4. The minimum Gasteiger partial charge on any atom is -0.497 e. The number of benzene rings is 1. The molecule has 164 valence electrons. The van der Waals surface area contributed by atoms with Gasteiger partial charge in [0.15, 0.2) is 0 Å². The van der Waals surface area contributed by atoms with Gasteiger partial charge < -0.3 is 18.8 Å². The molecule has 2 fully saturated rings. The molecule has 2 aliphatic heterocycles. The minimum atomic E-state index is 0.220. The molecule has 2 aromatic rings. The molecule has 0 amide bonds. The van der Waals surface area contributed by atoms with Gasteiger partial charge in [-0.1, -0.05) is 13.8 Å². The van der Waals surface area contributed by atoms with Crippen LogP contribution in [0.25, 0.3) is 0 Å². The fourth-order valence-electron chi connectivity index (χ4n) is 5.06. The van der Waals surface area contributed by atoms with Gasteiger partial charge in [0.1, 0.15) is 11.5 Å². The standard InChI is InChI=1S/C23H34N4O3/c1-16(2)21-24-25-22(30-21)20-14-26(3)15-23(20)6-8-27(9-7-23)13-17-10-18(28-4)12-19(11-17)29-5/h10-12,16,20H,6-9,13-15H2,1-5H3.